The number of fused-ring (bicyclic) bond motifs is 1. The van der Waals surface area contributed by atoms with Crippen molar-refractivity contribution in [1.82, 2.24) is 19.8 Å². The molecule has 2 saturated heterocycles. The van der Waals surface area contributed by atoms with Gasteiger partial charge in [-0.3, -0.25) is 9.21 Å². The number of anilines is 6. The average molecular weight is 669 g/mol. The lowest BCUT2D eigenvalue weighted by Gasteiger charge is -2.42. The van der Waals surface area contributed by atoms with E-state index in [0.717, 1.165) is 69.0 Å². The third-order valence-corrected chi connectivity index (χ3v) is 12.1. The average Bonchev–Trinajstić information content (AvgIpc) is 3.49. The van der Waals surface area contributed by atoms with Gasteiger partial charge in [-0.15, -0.1) is 0 Å². The lowest BCUT2D eigenvalue weighted by atomic mass is 10.0. The molecule has 0 unspecified atom stereocenters. The first kappa shape index (κ1) is 32.6. The Balaban J connectivity index is 1.17. The molecule has 46 heavy (non-hydrogen) atoms. The van der Waals surface area contributed by atoms with Crippen molar-refractivity contribution in [2.75, 3.05) is 79.8 Å². The number of methoxy groups -OCH3 is 1. The zero-order valence-electron chi connectivity index (χ0n) is 27.4. The third kappa shape index (κ3) is 6.58. The van der Waals surface area contributed by atoms with Gasteiger partial charge in [0.05, 0.1) is 35.1 Å². The summed E-state index contributed by atoms with van der Waals surface area (Å²) in [5, 5.41) is 6.89. The molecule has 3 aromatic rings. The van der Waals surface area contributed by atoms with Gasteiger partial charge in [0.1, 0.15) is 10.8 Å². The largest absolute Gasteiger partial charge is 0.494 e. The molecule has 0 amide bonds. The van der Waals surface area contributed by atoms with Gasteiger partial charge in [0.25, 0.3) is 0 Å². The Morgan fingerprint density at radius 1 is 0.957 bits per heavy atom. The smallest absolute Gasteiger partial charge is 0.240 e. The summed E-state index contributed by atoms with van der Waals surface area (Å²) in [6, 6.07) is 12.5. The van der Waals surface area contributed by atoms with Crippen LogP contribution in [0.25, 0.3) is 0 Å². The third-order valence-electron chi connectivity index (χ3n) is 9.33. The molecule has 0 aliphatic carbocycles. The van der Waals surface area contributed by atoms with Gasteiger partial charge in [0.15, 0.2) is 5.82 Å². The van der Waals surface area contributed by atoms with Crippen LogP contribution in [-0.4, -0.2) is 98.9 Å². The van der Waals surface area contributed by atoms with E-state index in [-0.39, 0.29) is 0 Å². The fourth-order valence-electron chi connectivity index (χ4n) is 6.51. The van der Waals surface area contributed by atoms with Crippen LogP contribution in [0, 0.1) is 0 Å². The van der Waals surface area contributed by atoms with E-state index < -0.39 is 14.8 Å². The van der Waals surface area contributed by atoms with Crippen molar-refractivity contribution in [3.05, 3.63) is 53.2 Å². The van der Waals surface area contributed by atoms with Crippen LogP contribution in [0.3, 0.4) is 0 Å². The molecular weight excluding hydrogens is 624 g/mol. The Hall–Kier alpha value is -3.32. The summed E-state index contributed by atoms with van der Waals surface area (Å²) in [5.41, 5.74) is 4.06. The summed E-state index contributed by atoms with van der Waals surface area (Å²) in [6.45, 7) is 12.2. The van der Waals surface area contributed by atoms with E-state index in [1.807, 2.05) is 24.3 Å². The number of nitrogens with one attached hydrogen (secondary N) is 2. The number of piperazine rings is 1. The minimum Gasteiger partial charge on any atom is -0.494 e. The second-order valence-corrected chi connectivity index (χ2v) is 16.4. The van der Waals surface area contributed by atoms with E-state index in [9.17, 15) is 8.42 Å². The maximum atomic E-state index is 13.4. The normalized spacial score (nSPS) is 18.5. The van der Waals surface area contributed by atoms with Crippen LogP contribution >= 0.6 is 11.6 Å². The number of sulfonamides is 1. The molecule has 0 atom stereocenters. The molecule has 0 spiro atoms. The first-order chi connectivity index (χ1) is 21.9. The first-order valence-electron chi connectivity index (χ1n) is 16.0. The van der Waals surface area contributed by atoms with Crippen LogP contribution in [0.4, 0.5) is 34.5 Å². The van der Waals surface area contributed by atoms with E-state index >= 15 is 0 Å². The fourth-order valence-corrected chi connectivity index (χ4v) is 8.10. The number of halogens is 1. The van der Waals surface area contributed by atoms with Crippen LogP contribution in [0.5, 0.6) is 5.75 Å². The predicted octanol–water partition coefficient (Wildman–Crippen LogP) is 5.33. The van der Waals surface area contributed by atoms with Gasteiger partial charge in [-0.05, 0) is 70.8 Å². The SMILES string of the molecule is COc1cc(N2CCC(N3CCN(C)CC3)CC2)ccc1Nc1ncc(Cl)c(Nc2cccc3c2N(S(=O)(=O)C(C)(C)C)CC3)n1. The van der Waals surface area contributed by atoms with Crippen molar-refractivity contribution in [3.8, 4) is 5.75 Å². The van der Waals surface area contributed by atoms with Gasteiger partial charge in [-0.1, -0.05) is 23.7 Å². The minimum atomic E-state index is -3.60. The Morgan fingerprint density at radius 2 is 1.70 bits per heavy atom. The highest BCUT2D eigenvalue weighted by molar-refractivity contribution is 7.94. The fraction of sp³-hybridized carbons (Fsp3) is 0.515. The predicted molar refractivity (Wildman–Crippen MR) is 187 cm³/mol. The zero-order valence-corrected chi connectivity index (χ0v) is 29.0. The van der Waals surface area contributed by atoms with Crippen LogP contribution in [-0.2, 0) is 16.4 Å². The van der Waals surface area contributed by atoms with E-state index in [0.29, 0.717) is 52.9 Å². The van der Waals surface area contributed by atoms with Gasteiger partial charge in [0.2, 0.25) is 16.0 Å². The number of benzene rings is 2. The number of para-hydroxylation sites is 1. The van der Waals surface area contributed by atoms with Crippen molar-refractivity contribution in [1.29, 1.82) is 0 Å². The molecule has 3 aliphatic rings. The molecule has 4 heterocycles. The number of aromatic nitrogens is 2. The Bertz CT molecular complexity index is 1670. The Kier molecular flexibility index (Phi) is 9.26. The van der Waals surface area contributed by atoms with Gasteiger partial charge >= 0.3 is 0 Å². The maximum absolute atomic E-state index is 13.4. The summed E-state index contributed by atoms with van der Waals surface area (Å²) < 4.78 is 33.2. The number of hydrogen-bond acceptors (Lipinski definition) is 10. The van der Waals surface area contributed by atoms with E-state index in [1.165, 1.54) is 10.5 Å². The molecule has 0 bridgehead atoms. The maximum Gasteiger partial charge on any atom is 0.240 e. The molecule has 11 nitrogen and oxygen atoms in total. The van der Waals surface area contributed by atoms with Crippen LogP contribution in [0.2, 0.25) is 5.02 Å². The van der Waals surface area contributed by atoms with Gasteiger partial charge < -0.3 is 25.2 Å². The zero-order chi connectivity index (χ0) is 32.6. The van der Waals surface area contributed by atoms with Crippen molar-refractivity contribution >= 4 is 56.1 Å². The first-order valence-corrected chi connectivity index (χ1v) is 17.8. The number of likely N-dealkylation sites (N-methyl/N-ethyl adjacent to an activating group) is 1. The number of hydrogen-bond donors (Lipinski definition) is 2. The monoisotopic (exact) mass is 668 g/mol. The molecule has 13 heteroatoms. The highest BCUT2D eigenvalue weighted by Gasteiger charge is 2.40. The van der Waals surface area contributed by atoms with E-state index in [1.54, 1.807) is 27.9 Å². The molecule has 0 radical (unpaired) electrons. The summed E-state index contributed by atoms with van der Waals surface area (Å²) >= 11 is 6.55. The van der Waals surface area contributed by atoms with Gasteiger partial charge in [0, 0.05) is 63.6 Å². The number of nitrogens with zero attached hydrogens (tertiary/aromatic N) is 6. The van der Waals surface area contributed by atoms with Crippen LogP contribution < -0.4 is 24.6 Å². The van der Waals surface area contributed by atoms with Crippen molar-refractivity contribution in [2.45, 2.75) is 50.8 Å². The Labute approximate surface area is 277 Å². The lowest BCUT2D eigenvalue weighted by Crippen LogP contribution is -2.52. The highest BCUT2D eigenvalue weighted by atomic mass is 35.5. The molecule has 1 aromatic heterocycles. The quantitative estimate of drug-likeness (QED) is 0.327. The Morgan fingerprint density at radius 3 is 2.39 bits per heavy atom. The minimum absolute atomic E-state index is 0.314. The molecule has 2 N–H and O–H groups in total. The molecule has 6 rings (SSSR count). The van der Waals surface area contributed by atoms with E-state index in [2.05, 4.69) is 54.5 Å². The second-order valence-electron chi connectivity index (χ2n) is 13.3. The lowest BCUT2D eigenvalue weighted by molar-refractivity contribution is 0.0982. The summed E-state index contributed by atoms with van der Waals surface area (Å²) in [5.74, 6) is 1.39. The van der Waals surface area contributed by atoms with Crippen molar-refractivity contribution < 1.29 is 13.2 Å². The standard InChI is InChI=1S/C33H45ClN8O3S/c1-33(2,3)46(43,44)42-16-11-23-7-6-8-28(30(23)42)36-31-26(34)22-35-32(38-31)37-27-10-9-25(21-29(27)45-5)40-14-12-24(13-15-40)41-19-17-39(4)18-20-41/h6-10,21-22,24H,11-20H2,1-5H3,(H2,35,36,37,38). The summed E-state index contributed by atoms with van der Waals surface area (Å²) in [4.78, 5) is 16.6. The summed E-state index contributed by atoms with van der Waals surface area (Å²) in [6.07, 6.45) is 4.47. The van der Waals surface area contributed by atoms with Crippen LogP contribution in [0.15, 0.2) is 42.6 Å². The second kappa shape index (κ2) is 13.1. The topological polar surface area (TPSA) is 106 Å². The number of ether oxygens (including phenoxy) is 1. The number of piperidine rings is 1. The highest BCUT2D eigenvalue weighted by Crippen LogP contribution is 2.42. The molecule has 3 aliphatic heterocycles. The van der Waals surface area contributed by atoms with Gasteiger partial charge in [-0.25, -0.2) is 13.4 Å². The molecular formula is C33H45ClN8O3S. The molecule has 2 aromatic carbocycles. The van der Waals surface area contributed by atoms with Crippen LogP contribution in [0.1, 0.15) is 39.2 Å². The molecule has 2 fully saturated rings. The number of rotatable bonds is 8. The van der Waals surface area contributed by atoms with E-state index in [4.69, 9.17) is 16.3 Å². The summed E-state index contributed by atoms with van der Waals surface area (Å²) in [7, 11) is 0.263. The molecule has 0 saturated carbocycles. The van der Waals surface area contributed by atoms with Crippen molar-refractivity contribution in [2.24, 2.45) is 0 Å². The van der Waals surface area contributed by atoms with Crippen molar-refractivity contribution in [3.63, 3.8) is 0 Å². The van der Waals surface area contributed by atoms with Gasteiger partial charge in [-0.2, -0.15) is 4.98 Å². The molecule has 248 valence electrons.